The number of halogens is 1. The van der Waals surface area contributed by atoms with Crippen LogP contribution in [0.25, 0.3) is 0 Å². The molecular weight excluding hydrogens is 519 g/mol. The fourth-order valence-corrected chi connectivity index (χ4v) is 3.94. The summed E-state index contributed by atoms with van der Waals surface area (Å²) in [5.41, 5.74) is 9.64. The van der Waals surface area contributed by atoms with Crippen molar-refractivity contribution in [1.82, 2.24) is 10.2 Å². The Morgan fingerprint density at radius 3 is 2.38 bits per heavy atom. The highest BCUT2D eigenvalue weighted by Crippen LogP contribution is 2.27. The van der Waals surface area contributed by atoms with Crippen LogP contribution in [0.2, 0.25) is 0 Å². The summed E-state index contributed by atoms with van der Waals surface area (Å²) >= 11 is 0. The minimum atomic E-state index is 0. The number of methoxy groups -OCH3 is 2. The third-order valence-electron chi connectivity index (χ3n) is 5.35. The van der Waals surface area contributed by atoms with Gasteiger partial charge in [-0.05, 0) is 42.7 Å². The van der Waals surface area contributed by atoms with Gasteiger partial charge < -0.3 is 25.3 Å². The first-order valence-electron chi connectivity index (χ1n) is 10.7. The van der Waals surface area contributed by atoms with E-state index in [1.807, 2.05) is 18.2 Å². The standard InChI is InChI=1S/C24H34N4O3.HI/c1-17-14-28(15-18(2)31-17)16-21-8-6-5-7-20(21)13-27-24(25)26-12-19-9-10-22(29-3)23(11-19)30-4;/h5-11,17-18H,12-16H2,1-4H3,(H3,25,26,27);1H. The number of rotatable bonds is 8. The summed E-state index contributed by atoms with van der Waals surface area (Å²) in [7, 11) is 3.24. The zero-order valence-corrected chi connectivity index (χ0v) is 21.7. The van der Waals surface area contributed by atoms with Crippen molar-refractivity contribution in [3.63, 3.8) is 0 Å². The summed E-state index contributed by atoms with van der Waals surface area (Å²) in [4.78, 5) is 6.92. The fourth-order valence-electron chi connectivity index (χ4n) is 3.94. The van der Waals surface area contributed by atoms with Gasteiger partial charge in [0.25, 0.3) is 0 Å². The molecule has 0 radical (unpaired) electrons. The second-order valence-corrected chi connectivity index (χ2v) is 7.96. The number of hydrogen-bond donors (Lipinski definition) is 2. The number of aliphatic imine (C=N–C) groups is 1. The molecule has 0 spiro atoms. The van der Waals surface area contributed by atoms with Crippen LogP contribution in [0.1, 0.15) is 30.5 Å². The number of nitrogens with zero attached hydrogens (tertiary/aromatic N) is 2. The van der Waals surface area contributed by atoms with Crippen LogP contribution < -0.4 is 20.5 Å². The Hall–Kier alpha value is -2.04. The zero-order chi connectivity index (χ0) is 22.2. The number of nitrogens with one attached hydrogen (secondary N) is 1. The molecule has 2 aromatic rings. The number of nitrogens with two attached hydrogens (primary N) is 1. The van der Waals surface area contributed by atoms with E-state index in [-0.39, 0.29) is 36.2 Å². The number of benzene rings is 2. The van der Waals surface area contributed by atoms with Crippen LogP contribution in [0.5, 0.6) is 11.5 Å². The van der Waals surface area contributed by atoms with Gasteiger partial charge in [-0.3, -0.25) is 4.90 Å². The minimum absolute atomic E-state index is 0. The lowest BCUT2D eigenvalue weighted by Gasteiger charge is -2.35. The molecule has 1 aliphatic rings. The van der Waals surface area contributed by atoms with Crippen molar-refractivity contribution in [3.8, 4) is 11.5 Å². The van der Waals surface area contributed by atoms with Gasteiger partial charge in [-0.25, -0.2) is 4.99 Å². The van der Waals surface area contributed by atoms with Gasteiger partial charge >= 0.3 is 0 Å². The molecule has 1 aliphatic heterocycles. The Morgan fingerprint density at radius 1 is 1.06 bits per heavy atom. The molecule has 1 heterocycles. The van der Waals surface area contributed by atoms with Crippen molar-refractivity contribution < 1.29 is 14.2 Å². The first kappa shape index (κ1) is 26.2. The van der Waals surface area contributed by atoms with Crippen molar-refractivity contribution in [1.29, 1.82) is 0 Å². The molecule has 0 saturated carbocycles. The van der Waals surface area contributed by atoms with E-state index in [1.165, 1.54) is 11.1 Å². The largest absolute Gasteiger partial charge is 0.493 e. The predicted octanol–water partition coefficient (Wildman–Crippen LogP) is 3.54. The molecule has 176 valence electrons. The number of morpholine rings is 1. The molecule has 2 unspecified atom stereocenters. The molecule has 1 saturated heterocycles. The van der Waals surface area contributed by atoms with Gasteiger partial charge in [-0.1, -0.05) is 30.3 Å². The van der Waals surface area contributed by atoms with Crippen LogP contribution in [0.15, 0.2) is 47.5 Å². The summed E-state index contributed by atoms with van der Waals surface area (Å²) in [5.74, 6) is 1.79. The van der Waals surface area contributed by atoms with Crippen LogP contribution in [0.4, 0.5) is 0 Å². The third-order valence-corrected chi connectivity index (χ3v) is 5.35. The summed E-state index contributed by atoms with van der Waals surface area (Å²) in [6, 6.07) is 14.2. The molecule has 0 amide bonds. The van der Waals surface area contributed by atoms with Crippen molar-refractivity contribution in [2.24, 2.45) is 10.7 Å². The van der Waals surface area contributed by atoms with Gasteiger partial charge in [0.2, 0.25) is 0 Å². The van der Waals surface area contributed by atoms with E-state index in [9.17, 15) is 0 Å². The molecular formula is C24H35IN4O3. The first-order valence-corrected chi connectivity index (χ1v) is 10.7. The van der Waals surface area contributed by atoms with Crippen molar-refractivity contribution in [3.05, 3.63) is 59.2 Å². The van der Waals surface area contributed by atoms with Gasteiger partial charge in [0.1, 0.15) is 0 Å². The highest BCUT2D eigenvalue weighted by atomic mass is 127. The topological polar surface area (TPSA) is 81.3 Å². The first-order chi connectivity index (χ1) is 15.0. The molecule has 7 nitrogen and oxygen atoms in total. The highest BCUT2D eigenvalue weighted by Gasteiger charge is 2.22. The average Bonchev–Trinajstić information content (AvgIpc) is 2.76. The second-order valence-electron chi connectivity index (χ2n) is 7.96. The van der Waals surface area contributed by atoms with E-state index in [1.54, 1.807) is 14.2 Å². The minimum Gasteiger partial charge on any atom is -0.493 e. The van der Waals surface area contributed by atoms with E-state index in [2.05, 4.69) is 53.3 Å². The van der Waals surface area contributed by atoms with Crippen LogP contribution in [0, 0.1) is 0 Å². The van der Waals surface area contributed by atoms with Crippen LogP contribution in [0.3, 0.4) is 0 Å². The highest BCUT2D eigenvalue weighted by molar-refractivity contribution is 14.0. The molecule has 1 fully saturated rings. The van der Waals surface area contributed by atoms with Crippen molar-refractivity contribution in [2.45, 2.75) is 45.7 Å². The fraction of sp³-hybridized carbons (Fsp3) is 0.458. The Balaban J connectivity index is 0.00000363. The molecule has 3 rings (SSSR count). The lowest BCUT2D eigenvalue weighted by Crippen LogP contribution is -2.45. The molecule has 32 heavy (non-hydrogen) atoms. The average molecular weight is 554 g/mol. The molecule has 0 aliphatic carbocycles. The quantitative estimate of drug-likeness (QED) is 0.295. The van der Waals surface area contributed by atoms with E-state index in [0.717, 1.165) is 25.2 Å². The smallest absolute Gasteiger partial charge is 0.189 e. The SMILES string of the molecule is COc1ccc(CN=C(N)NCc2ccccc2CN2CC(C)OC(C)C2)cc1OC.I. The Labute approximate surface area is 208 Å². The van der Waals surface area contributed by atoms with E-state index in [4.69, 9.17) is 19.9 Å². The van der Waals surface area contributed by atoms with Gasteiger partial charge in [0, 0.05) is 26.2 Å². The molecule has 2 aromatic carbocycles. The predicted molar refractivity (Wildman–Crippen MR) is 139 cm³/mol. The van der Waals surface area contributed by atoms with Gasteiger partial charge in [-0.2, -0.15) is 0 Å². The van der Waals surface area contributed by atoms with E-state index in [0.29, 0.717) is 30.5 Å². The lowest BCUT2D eigenvalue weighted by atomic mass is 10.1. The molecule has 2 atom stereocenters. The Morgan fingerprint density at radius 2 is 1.72 bits per heavy atom. The summed E-state index contributed by atoms with van der Waals surface area (Å²) in [6.07, 6.45) is 0.516. The van der Waals surface area contributed by atoms with Gasteiger partial charge in [0.15, 0.2) is 17.5 Å². The Bertz CT molecular complexity index is 883. The molecule has 0 aromatic heterocycles. The third kappa shape index (κ3) is 7.53. The van der Waals surface area contributed by atoms with Crippen molar-refractivity contribution in [2.75, 3.05) is 27.3 Å². The number of ether oxygens (including phenoxy) is 3. The van der Waals surface area contributed by atoms with E-state index < -0.39 is 0 Å². The van der Waals surface area contributed by atoms with Gasteiger partial charge in [0.05, 0.1) is 33.0 Å². The summed E-state index contributed by atoms with van der Waals surface area (Å²) in [5, 5.41) is 3.24. The lowest BCUT2D eigenvalue weighted by molar-refractivity contribution is -0.0705. The maximum Gasteiger partial charge on any atom is 0.189 e. The summed E-state index contributed by atoms with van der Waals surface area (Å²) in [6.45, 7) is 8.15. The van der Waals surface area contributed by atoms with Crippen LogP contribution in [-0.2, 0) is 24.4 Å². The zero-order valence-electron chi connectivity index (χ0n) is 19.3. The maximum atomic E-state index is 6.12. The monoisotopic (exact) mass is 554 g/mol. The van der Waals surface area contributed by atoms with Gasteiger partial charge in [-0.15, -0.1) is 24.0 Å². The molecule has 8 heteroatoms. The van der Waals surface area contributed by atoms with Crippen LogP contribution >= 0.6 is 24.0 Å². The van der Waals surface area contributed by atoms with Crippen molar-refractivity contribution >= 4 is 29.9 Å². The Kier molecular flexibility index (Phi) is 10.5. The normalized spacial score (nSPS) is 19.2. The van der Waals surface area contributed by atoms with E-state index >= 15 is 0 Å². The number of hydrogen-bond acceptors (Lipinski definition) is 5. The summed E-state index contributed by atoms with van der Waals surface area (Å²) < 4.78 is 16.5. The molecule has 3 N–H and O–H groups in total. The maximum absolute atomic E-state index is 6.12. The van der Waals surface area contributed by atoms with Crippen LogP contribution in [-0.4, -0.2) is 50.4 Å². The second kappa shape index (κ2) is 12.9. The number of guanidine groups is 1. The molecule has 0 bridgehead atoms.